The number of hydrogen-bond donors (Lipinski definition) is 1. The molecule has 0 saturated carbocycles. The lowest BCUT2D eigenvalue weighted by molar-refractivity contribution is -0.146. The van der Waals surface area contributed by atoms with E-state index in [1.54, 1.807) is 0 Å². The molecule has 0 aliphatic carbocycles. The van der Waals surface area contributed by atoms with Crippen molar-refractivity contribution < 1.29 is 14.3 Å². The van der Waals surface area contributed by atoms with Gasteiger partial charge in [-0.3, -0.25) is 4.79 Å². The molecule has 1 rings (SSSR count). The van der Waals surface area contributed by atoms with Crippen molar-refractivity contribution >= 4 is 18.6 Å². The van der Waals surface area contributed by atoms with E-state index in [0.717, 1.165) is 13.0 Å². The third kappa shape index (κ3) is 2.14. The van der Waals surface area contributed by atoms with Gasteiger partial charge in [-0.25, -0.2) is 0 Å². The maximum absolute atomic E-state index is 11.2. The predicted molar refractivity (Wildman–Crippen MR) is 48.3 cm³/mol. The Labute approximate surface area is 77.8 Å². The highest BCUT2D eigenvalue weighted by atomic mass is 32.1. The Hall–Kier alpha value is -0.220. The van der Waals surface area contributed by atoms with Gasteiger partial charge in [-0.05, 0) is 12.3 Å². The summed E-state index contributed by atoms with van der Waals surface area (Å²) in [5, 5.41) is 0. The van der Waals surface area contributed by atoms with Crippen molar-refractivity contribution in [1.29, 1.82) is 0 Å². The molecular weight excluding hydrogens is 176 g/mol. The molecule has 1 fully saturated rings. The summed E-state index contributed by atoms with van der Waals surface area (Å²) in [7, 11) is 1.41. The fraction of sp³-hybridized carbons (Fsp3) is 0.875. The molecular formula is C8H14O3S. The summed E-state index contributed by atoms with van der Waals surface area (Å²) in [6.45, 7) is 1.42. The minimum atomic E-state index is -0.166. The number of rotatable bonds is 3. The fourth-order valence-corrected chi connectivity index (χ4v) is 1.88. The van der Waals surface area contributed by atoms with Gasteiger partial charge >= 0.3 is 5.97 Å². The Morgan fingerprint density at radius 1 is 1.83 bits per heavy atom. The quantitative estimate of drug-likeness (QED) is 0.526. The summed E-state index contributed by atoms with van der Waals surface area (Å²) in [4.78, 5) is 11.2. The predicted octanol–water partition coefficient (Wildman–Crippen LogP) is 0.742. The van der Waals surface area contributed by atoms with E-state index in [-0.39, 0.29) is 11.9 Å². The third-order valence-corrected chi connectivity index (χ3v) is 2.63. The van der Waals surface area contributed by atoms with Crippen molar-refractivity contribution in [2.45, 2.75) is 6.42 Å². The molecule has 2 atom stereocenters. The van der Waals surface area contributed by atoms with E-state index in [1.165, 1.54) is 7.11 Å². The first-order chi connectivity index (χ1) is 5.79. The standard InChI is InChI=1S/C8H14O3S/c1-10-8(9)7(5-12)6-2-3-11-4-6/h6-7,12H,2-5H2,1H3. The largest absolute Gasteiger partial charge is 0.469 e. The molecule has 1 saturated heterocycles. The van der Waals surface area contributed by atoms with Gasteiger partial charge in [0.1, 0.15) is 0 Å². The van der Waals surface area contributed by atoms with E-state index in [9.17, 15) is 4.79 Å². The minimum absolute atomic E-state index is 0.0965. The fourth-order valence-electron chi connectivity index (χ4n) is 1.44. The molecule has 0 bridgehead atoms. The van der Waals surface area contributed by atoms with Crippen LogP contribution in [0, 0.1) is 11.8 Å². The van der Waals surface area contributed by atoms with Crippen LogP contribution >= 0.6 is 12.6 Å². The maximum atomic E-state index is 11.2. The van der Waals surface area contributed by atoms with E-state index >= 15 is 0 Å². The number of esters is 1. The molecule has 0 amide bonds. The molecule has 1 heterocycles. The second kappa shape index (κ2) is 4.72. The first-order valence-electron chi connectivity index (χ1n) is 4.06. The summed E-state index contributed by atoms with van der Waals surface area (Å²) < 4.78 is 9.87. The summed E-state index contributed by atoms with van der Waals surface area (Å²) >= 11 is 4.13. The number of carbonyl (C=O) groups excluding carboxylic acids is 1. The Morgan fingerprint density at radius 2 is 2.58 bits per heavy atom. The van der Waals surface area contributed by atoms with E-state index in [1.807, 2.05) is 0 Å². The van der Waals surface area contributed by atoms with E-state index in [4.69, 9.17) is 4.74 Å². The lowest BCUT2D eigenvalue weighted by atomic mass is 9.93. The van der Waals surface area contributed by atoms with Gasteiger partial charge in [0, 0.05) is 12.4 Å². The highest BCUT2D eigenvalue weighted by molar-refractivity contribution is 7.80. The van der Waals surface area contributed by atoms with Crippen LogP contribution in [-0.4, -0.2) is 32.0 Å². The van der Waals surface area contributed by atoms with Gasteiger partial charge in [0.15, 0.2) is 0 Å². The molecule has 4 heteroatoms. The first kappa shape index (κ1) is 9.86. The van der Waals surface area contributed by atoms with Gasteiger partial charge in [0.25, 0.3) is 0 Å². The van der Waals surface area contributed by atoms with Gasteiger partial charge in [0.05, 0.1) is 19.6 Å². The van der Waals surface area contributed by atoms with Gasteiger partial charge < -0.3 is 9.47 Å². The number of hydrogen-bond acceptors (Lipinski definition) is 4. The lowest BCUT2D eigenvalue weighted by Gasteiger charge is -2.16. The smallest absolute Gasteiger partial charge is 0.309 e. The molecule has 2 unspecified atom stereocenters. The Morgan fingerprint density at radius 3 is 3.00 bits per heavy atom. The van der Waals surface area contributed by atoms with E-state index in [2.05, 4.69) is 17.4 Å². The molecule has 3 nitrogen and oxygen atoms in total. The van der Waals surface area contributed by atoms with Crippen LogP contribution in [0.3, 0.4) is 0 Å². The zero-order valence-corrected chi connectivity index (χ0v) is 8.05. The molecule has 1 aliphatic rings. The summed E-state index contributed by atoms with van der Waals surface area (Å²) in [5.41, 5.74) is 0. The zero-order valence-electron chi connectivity index (χ0n) is 7.16. The summed E-state index contributed by atoms with van der Waals surface area (Å²) in [5.74, 6) is 0.581. The van der Waals surface area contributed by atoms with Crippen LogP contribution in [0.2, 0.25) is 0 Å². The van der Waals surface area contributed by atoms with Crippen LogP contribution in [0.4, 0.5) is 0 Å². The monoisotopic (exact) mass is 190 g/mol. The van der Waals surface area contributed by atoms with Gasteiger partial charge in [-0.2, -0.15) is 12.6 Å². The Kier molecular flexibility index (Phi) is 3.88. The lowest BCUT2D eigenvalue weighted by Crippen LogP contribution is -2.26. The van der Waals surface area contributed by atoms with Crippen LogP contribution in [-0.2, 0) is 14.3 Å². The van der Waals surface area contributed by atoms with Gasteiger partial charge in [0.2, 0.25) is 0 Å². The van der Waals surface area contributed by atoms with Crippen molar-refractivity contribution in [3.05, 3.63) is 0 Å². The first-order valence-corrected chi connectivity index (χ1v) is 4.69. The van der Waals surface area contributed by atoms with Crippen molar-refractivity contribution in [3.8, 4) is 0 Å². The molecule has 0 spiro atoms. The molecule has 0 radical (unpaired) electrons. The molecule has 1 aliphatic heterocycles. The van der Waals surface area contributed by atoms with Crippen molar-refractivity contribution in [3.63, 3.8) is 0 Å². The topological polar surface area (TPSA) is 35.5 Å². The van der Waals surface area contributed by atoms with Crippen LogP contribution < -0.4 is 0 Å². The SMILES string of the molecule is COC(=O)C(CS)C1CCOC1. The average molecular weight is 190 g/mol. The number of carbonyl (C=O) groups is 1. The summed E-state index contributed by atoms with van der Waals surface area (Å²) in [6.07, 6.45) is 0.945. The van der Waals surface area contributed by atoms with Crippen molar-refractivity contribution in [1.82, 2.24) is 0 Å². The van der Waals surface area contributed by atoms with E-state index < -0.39 is 0 Å². The second-order valence-electron chi connectivity index (χ2n) is 2.94. The number of thiol groups is 1. The maximum Gasteiger partial charge on any atom is 0.309 e. The summed E-state index contributed by atoms with van der Waals surface area (Å²) in [6, 6.07) is 0. The molecule has 0 aromatic rings. The minimum Gasteiger partial charge on any atom is -0.469 e. The molecule has 0 aromatic heterocycles. The van der Waals surface area contributed by atoms with Crippen LogP contribution in [0.5, 0.6) is 0 Å². The third-order valence-electron chi connectivity index (χ3n) is 2.23. The number of methoxy groups -OCH3 is 1. The highest BCUT2D eigenvalue weighted by Crippen LogP contribution is 2.23. The van der Waals surface area contributed by atoms with Gasteiger partial charge in [-0.15, -0.1) is 0 Å². The zero-order chi connectivity index (χ0) is 8.97. The molecule has 0 N–H and O–H groups in total. The Bertz CT molecular complexity index is 154. The number of ether oxygens (including phenoxy) is 2. The van der Waals surface area contributed by atoms with E-state index in [0.29, 0.717) is 18.3 Å². The average Bonchev–Trinajstić information content (AvgIpc) is 2.58. The normalized spacial score (nSPS) is 25.3. The van der Waals surface area contributed by atoms with Crippen LogP contribution in [0.1, 0.15) is 6.42 Å². The highest BCUT2D eigenvalue weighted by Gasteiger charge is 2.30. The van der Waals surface area contributed by atoms with Crippen molar-refractivity contribution in [2.75, 3.05) is 26.1 Å². The van der Waals surface area contributed by atoms with Crippen LogP contribution in [0.25, 0.3) is 0 Å². The molecule has 70 valence electrons. The van der Waals surface area contributed by atoms with Gasteiger partial charge in [-0.1, -0.05) is 0 Å². The molecule has 0 aromatic carbocycles. The molecule has 12 heavy (non-hydrogen) atoms. The Balaban J connectivity index is 2.48. The van der Waals surface area contributed by atoms with Crippen molar-refractivity contribution in [2.24, 2.45) is 11.8 Å². The second-order valence-corrected chi connectivity index (χ2v) is 3.30. The van der Waals surface area contributed by atoms with Crippen LogP contribution in [0.15, 0.2) is 0 Å².